The maximum atomic E-state index is 11.8. The van der Waals surface area contributed by atoms with Gasteiger partial charge in [0.25, 0.3) is 0 Å². The second kappa shape index (κ2) is 8.54. The Kier molecular flexibility index (Phi) is 7.39. The van der Waals surface area contributed by atoms with Crippen molar-refractivity contribution < 1.29 is 9.90 Å². The van der Waals surface area contributed by atoms with Gasteiger partial charge in [-0.05, 0) is 18.8 Å². The fourth-order valence-corrected chi connectivity index (χ4v) is 2.80. The molecule has 1 heterocycles. The minimum atomic E-state index is 0.0438. The molecule has 0 aromatic heterocycles. The maximum Gasteiger partial charge on any atom is 0.222 e. The highest BCUT2D eigenvalue weighted by Gasteiger charge is 2.27. The third-order valence-corrected chi connectivity index (χ3v) is 3.87. The third kappa shape index (κ3) is 5.91. The van der Waals surface area contributed by atoms with Crippen LogP contribution in [0.3, 0.4) is 0 Å². The standard InChI is InChI=1S/C15H30N2O2/c1-4-5-6-13-9-14(16-15(19)12(2)3)11-17(10-13)7-8-18/h12-14,18H,4-11H2,1-3H3,(H,16,19). The van der Waals surface area contributed by atoms with Crippen LogP contribution in [-0.4, -0.2) is 48.2 Å². The second-order valence-corrected chi connectivity index (χ2v) is 6.09. The molecule has 0 aromatic carbocycles. The first-order valence-electron chi connectivity index (χ1n) is 7.70. The van der Waals surface area contributed by atoms with Gasteiger partial charge in [0.1, 0.15) is 0 Å². The van der Waals surface area contributed by atoms with Gasteiger partial charge in [-0.15, -0.1) is 0 Å². The van der Waals surface area contributed by atoms with Crippen molar-refractivity contribution in [2.75, 3.05) is 26.2 Å². The topological polar surface area (TPSA) is 52.6 Å². The quantitative estimate of drug-likeness (QED) is 0.739. The predicted octanol–water partition coefficient (Wildman–Crippen LogP) is 1.63. The van der Waals surface area contributed by atoms with Gasteiger partial charge in [0, 0.05) is 31.6 Å². The molecule has 2 atom stereocenters. The van der Waals surface area contributed by atoms with Crippen LogP contribution in [-0.2, 0) is 4.79 Å². The highest BCUT2D eigenvalue weighted by atomic mass is 16.3. The average molecular weight is 270 g/mol. The molecular formula is C15H30N2O2. The van der Waals surface area contributed by atoms with Crippen LogP contribution in [0.4, 0.5) is 0 Å². The summed E-state index contributed by atoms with van der Waals surface area (Å²) in [5.41, 5.74) is 0. The number of rotatable bonds is 7. The highest BCUT2D eigenvalue weighted by Crippen LogP contribution is 2.22. The van der Waals surface area contributed by atoms with E-state index in [9.17, 15) is 4.79 Å². The van der Waals surface area contributed by atoms with Crippen LogP contribution < -0.4 is 5.32 Å². The largest absolute Gasteiger partial charge is 0.395 e. The second-order valence-electron chi connectivity index (χ2n) is 6.09. The Balaban J connectivity index is 2.51. The molecule has 2 N–H and O–H groups in total. The number of piperidine rings is 1. The van der Waals surface area contributed by atoms with Crippen LogP contribution in [0.5, 0.6) is 0 Å². The SMILES string of the molecule is CCCCC1CC(NC(=O)C(C)C)CN(CCO)C1. The van der Waals surface area contributed by atoms with Crippen molar-refractivity contribution in [2.45, 2.75) is 52.5 Å². The number of aliphatic hydroxyl groups is 1. The van der Waals surface area contributed by atoms with E-state index in [4.69, 9.17) is 5.11 Å². The molecule has 4 heteroatoms. The summed E-state index contributed by atoms with van der Waals surface area (Å²) in [5, 5.41) is 12.3. The molecule has 1 aliphatic heterocycles. The van der Waals surface area contributed by atoms with Crippen molar-refractivity contribution in [2.24, 2.45) is 11.8 Å². The van der Waals surface area contributed by atoms with Gasteiger partial charge in [0.2, 0.25) is 5.91 Å². The number of likely N-dealkylation sites (tertiary alicyclic amines) is 1. The minimum Gasteiger partial charge on any atom is -0.395 e. The van der Waals surface area contributed by atoms with Gasteiger partial charge in [-0.25, -0.2) is 0 Å². The molecule has 1 amide bonds. The summed E-state index contributed by atoms with van der Waals surface area (Å²) >= 11 is 0. The number of aliphatic hydroxyl groups excluding tert-OH is 1. The van der Waals surface area contributed by atoms with Crippen molar-refractivity contribution in [3.8, 4) is 0 Å². The zero-order chi connectivity index (χ0) is 14.3. The lowest BCUT2D eigenvalue weighted by atomic mass is 9.89. The highest BCUT2D eigenvalue weighted by molar-refractivity contribution is 5.78. The van der Waals surface area contributed by atoms with Gasteiger partial charge in [0.15, 0.2) is 0 Å². The monoisotopic (exact) mass is 270 g/mol. The molecule has 1 fully saturated rings. The van der Waals surface area contributed by atoms with Crippen molar-refractivity contribution in [1.29, 1.82) is 0 Å². The van der Waals surface area contributed by atoms with Crippen LogP contribution in [0, 0.1) is 11.8 Å². The van der Waals surface area contributed by atoms with E-state index in [1.807, 2.05) is 13.8 Å². The summed E-state index contributed by atoms with van der Waals surface area (Å²) in [6, 6.07) is 0.247. The van der Waals surface area contributed by atoms with E-state index in [2.05, 4.69) is 17.1 Å². The summed E-state index contributed by atoms with van der Waals surface area (Å²) < 4.78 is 0. The van der Waals surface area contributed by atoms with Gasteiger partial charge in [-0.3, -0.25) is 9.69 Å². The number of nitrogens with zero attached hydrogens (tertiary/aromatic N) is 1. The first-order valence-corrected chi connectivity index (χ1v) is 7.70. The Morgan fingerprint density at radius 3 is 2.74 bits per heavy atom. The number of β-amino-alcohol motifs (C(OH)–C–C–N with tert-alkyl or cyclic N) is 1. The zero-order valence-electron chi connectivity index (χ0n) is 12.7. The van der Waals surface area contributed by atoms with Crippen molar-refractivity contribution >= 4 is 5.91 Å². The smallest absolute Gasteiger partial charge is 0.222 e. The number of hydrogen-bond acceptors (Lipinski definition) is 3. The fourth-order valence-electron chi connectivity index (χ4n) is 2.80. The Morgan fingerprint density at radius 1 is 1.42 bits per heavy atom. The first-order chi connectivity index (χ1) is 9.06. The normalized spacial score (nSPS) is 24.7. The molecule has 19 heavy (non-hydrogen) atoms. The lowest BCUT2D eigenvalue weighted by molar-refractivity contribution is -0.125. The van der Waals surface area contributed by atoms with E-state index in [1.54, 1.807) is 0 Å². The van der Waals surface area contributed by atoms with Crippen molar-refractivity contribution in [1.82, 2.24) is 10.2 Å². The average Bonchev–Trinajstić information content (AvgIpc) is 2.36. The molecule has 0 saturated carbocycles. The zero-order valence-corrected chi connectivity index (χ0v) is 12.7. The molecule has 0 aromatic rings. The molecule has 4 nitrogen and oxygen atoms in total. The van der Waals surface area contributed by atoms with Crippen LogP contribution in [0.2, 0.25) is 0 Å². The molecule has 1 rings (SSSR count). The Bertz CT molecular complexity index is 269. The molecule has 0 bridgehead atoms. The fraction of sp³-hybridized carbons (Fsp3) is 0.933. The van der Waals surface area contributed by atoms with E-state index >= 15 is 0 Å². The Labute approximate surface area is 117 Å². The molecule has 1 aliphatic rings. The molecular weight excluding hydrogens is 240 g/mol. The van der Waals surface area contributed by atoms with Gasteiger partial charge < -0.3 is 10.4 Å². The van der Waals surface area contributed by atoms with E-state index in [0.717, 1.165) is 26.1 Å². The lowest BCUT2D eigenvalue weighted by Gasteiger charge is -2.38. The number of hydrogen-bond donors (Lipinski definition) is 2. The molecule has 112 valence electrons. The lowest BCUT2D eigenvalue weighted by Crippen LogP contribution is -2.52. The van der Waals surface area contributed by atoms with E-state index in [-0.39, 0.29) is 24.5 Å². The molecule has 0 aliphatic carbocycles. The first kappa shape index (κ1) is 16.4. The number of unbranched alkanes of at least 4 members (excludes halogenated alkanes) is 1. The Hall–Kier alpha value is -0.610. The predicted molar refractivity (Wildman–Crippen MR) is 77.9 cm³/mol. The van der Waals surface area contributed by atoms with Crippen molar-refractivity contribution in [3.63, 3.8) is 0 Å². The third-order valence-electron chi connectivity index (χ3n) is 3.87. The van der Waals surface area contributed by atoms with E-state index < -0.39 is 0 Å². The van der Waals surface area contributed by atoms with Crippen LogP contribution in [0.25, 0.3) is 0 Å². The number of carbonyl (C=O) groups is 1. The van der Waals surface area contributed by atoms with Gasteiger partial charge >= 0.3 is 0 Å². The summed E-state index contributed by atoms with van der Waals surface area (Å²) in [7, 11) is 0. The molecule has 0 spiro atoms. The molecule has 1 saturated heterocycles. The van der Waals surface area contributed by atoms with E-state index in [0.29, 0.717) is 5.92 Å². The summed E-state index contributed by atoms with van der Waals surface area (Å²) in [6.45, 7) is 8.93. The number of nitrogens with one attached hydrogen (secondary N) is 1. The van der Waals surface area contributed by atoms with Gasteiger partial charge in [-0.1, -0.05) is 33.6 Å². The van der Waals surface area contributed by atoms with E-state index in [1.165, 1.54) is 19.3 Å². The molecule has 0 radical (unpaired) electrons. The minimum absolute atomic E-state index is 0.0438. The number of amides is 1. The van der Waals surface area contributed by atoms with Gasteiger partial charge in [-0.2, -0.15) is 0 Å². The van der Waals surface area contributed by atoms with Crippen LogP contribution >= 0.6 is 0 Å². The summed E-state index contributed by atoms with van der Waals surface area (Å²) in [5.74, 6) is 0.838. The van der Waals surface area contributed by atoms with Crippen LogP contribution in [0.1, 0.15) is 46.5 Å². The maximum absolute atomic E-state index is 11.8. The number of carbonyl (C=O) groups excluding carboxylic acids is 1. The van der Waals surface area contributed by atoms with Gasteiger partial charge in [0.05, 0.1) is 6.61 Å². The Morgan fingerprint density at radius 2 is 2.16 bits per heavy atom. The van der Waals surface area contributed by atoms with Crippen molar-refractivity contribution in [3.05, 3.63) is 0 Å². The van der Waals surface area contributed by atoms with Crippen LogP contribution in [0.15, 0.2) is 0 Å². The summed E-state index contributed by atoms with van der Waals surface area (Å²) in [6.07, 6.45) is 4.79. The molecule has 2 unspecified atom stereocenters. The summed E-state index contributed by atoms with van der Waals surface area (Å²) in [4.78, 5) is 14.1.